The lowest BCUT2D eigenvalue weighted by atomic mass is 10.1. The zero-order valence-electron chi connectivity index (χ0n) is 24.5. The summed E-state index contributed by atoms with van der Waals surface area (Å²) >= 11 is 0. The van der Waals surface area contributed by atoms with Crippen LogP contribution in [0.15, 0.2) is 70.0 Å². The molecule has 43 heavy (non-hydrogen) atoms. The van der Waals surface area contributed by atoms with Gasteiger partial charge in [-0.1, -0.05) is 12.1 Å². The zero-order chi connectivity index (χ0) is 30.5. The van der Waals surface area contributed by atoms with Crippen LogP contribution in [-0.2, 0) is 6.54 Å². The molecule has 10 nitrogen and oxygen atoms in total. The first-order valence-electron chi connectivity index (χ1n) is 14.4. The number of piperazine rings is 1. The Morgan fingerprint density at radius 1 is 1.00 bits per heavy atom. The molecule has 1 fully saturated rings. The van der Waals surface area contributed by atoms with E-state index in [1.807, 2.05) is 30.0 Å². The van der Waals surface area contributed by atoms with Gasteiger partial charge in [-0.2, -0.15) is 0 Å². The van der Waals surface area contributed by atoms with E-state index < -0.39 is 17.5 Å². The highest BCUT2D eigenvalue weighted by Gasteiger charge is 2.26. The van der Waals surface area contributed by atoms with Crippen molar-refractivity contribution in [3.05, 3.63) is 93.9 Å². The predicted octanol–water partition coefficient (Wildman–Crippen LogP) is 5.08. The summed E-state index contributed by atoms with van der Waals surface area (Å²) in [7, 11) is 0. The second-order valence-electron chi connectivity index (χ2n) is 10.5. The number of amides is 3. The van der Waals surface area contributed by atoms with E-state index in [1.165, 1.54) is 12.3 Å². The summed E-state index contributed by atoms with van der Waals surface area (Å²) in [4.78, 5) is 48.4. The number of nitrogens with one attached hydrogen (secondary N) is 2. The van der Waals surface area contributed by atoms with Crippen LogP contribution in [0.1, 0.15) is 35.5 Å². The molecule has 1 saturated heterocycles. The maximum absolute atomic E-state index is 15.3. The molecule has 0 unspecified atom stereocenters. The lowest BCUT2D eigenvalue weighted by Gasteiger charge is -2.34. The molecule has 3 heterocycles. The lowest BCUT2D eigenvalue weighted by Crippen LogP contribution is -2.49. The standard InChI is InChI=1S/C32H35FN6O4/c1-4-38(5-2)25-12-10-22-17-26(31(41)43-28(22)18-25)30(40)39-15-13-37(14-16-39)20-23-7-6-8-27(29(23)33)36-32(42)35-24-11-9-21(3)34-19-24/h6-12,17-19H,4-5,13-16,20H2,1-3H3,(H2,35,36,42). The number of halogens is 1. The van der Waals surface area contributed by atoms with E-state index >= 15 is 4.39 Å². The number of aryl methyl sites for hydroxylation is 1. The van der Waals surface area contributed by atoms with Gasteiger partial charge in [0.1, 0.15) is 11.1 Å². The van der Waals surface area contributed by atoms with Crippen molar-refractivity contribution in [1.82, 2.24) is 14.8 Å². The SMILES string of the molecule is CCN(CC)c1ccc2cc(C(=O)N3CCN(Cc4cccc(NC(=O)Nc5ccc(C)nc5)c4F)CC3)c(=O)oc2c1. The number of anilines is 3. The average molecular weight is 587 g/mol. The van der Waals surface area contributed by atoms with Crippen LogP contribution in [0.2, 0.25) is 0 Å². The van der Waals surface area contributed by atoms with Crippen LogP contribution in [0.3, 0.4) is 0 Å². The molecule has 2 N–H and O–H groups in total. The van der Waals surface area contributed by atoms with Crippen LogP contribution >= 0.6 is 0 Å². The quantitative estimate of drug-likeness (QED) is 0.277. The van der Waals surface area contributed by atoms with Gasteiger partial charge in [-0.05, 0) is 57.2 Å². The minimum absolute atomic E-state index is 0.000976. The van der Waals surface area contributed by atoms with Gasteiger partial charge in [-0.15, -0.1) is 0 Å². The van der Waals surface area contributed by atoms with Crippen LogP contribution < -0.4 is 21.2 Å². The number of rotatable bonds is 8. The fraction of sp³-hybridized carbons (Fsp3) is 0.312. The summed E-state index contributed by atoms with van der Waals surface area (Å²) in [6, 6.07) is 15.0. The van der Waals surface area contributed by atoms with Crippen molar-refractivity contribution in [2.24, 2.45) is 0 Å². The second kappa shape index (κ2) is 13.0. The third-order valence-electron chi connectivity index (χ3n) is 7.63. The maximum Gasteiger partial charge on any atom is 0.349 e. The Labute approximate surface area is 249 Å². The van der Waals surface area contributed by atoms with E-state index in [4.69, 9.17) is 4.42 Å². The summed E-state index contributed by atoms with van der Waals surface area (Å²) in [5.41, 5.74) is 2.55. The Morgan fingerprint density at radius 3 is 2.47 bits per heavy atom. The van der Waals surface area contributed by atoms with Crippen LogP contribution in [0.4, 0.5) is 26.2 Å². The van der Waals surface area contributed by atoms with Gasteiger partial charge in [0.2, 0.25) is 0 Å². The summed E-state index contributed by atoms with van der Waals surface area (Å²) in [6.07, 6.45) is 1.53. The second-order valence-corrected chi connectivity index (χ2v) is 10.5. The first-order valence-corrected chi connectivity index (χ1v) is 14.4. The largest absolute Gasteiger partial charge is 0.422 e. The van der Waals surface area contributed by atoms with Gasteiger partial charge in [0.25, 0.3) is 5.91 Å². The van der Waals surface area contributed by atoms with Gasteiger partial charge in [-0.25, -0.2) is 14.0 Å². The van der Waals surface area contributed by atoms with Gasteiger partial charge in [-0.3, -0.25) is 14.7 Å². The van der Waals surface area contributed by atoms with Crippen LogP contribution in [-0.4, -0.2) is 66.0 Å². The van der Waals surface area contributed by atoms with Crippen molar-refractivity contribution >= 4 is 40.0 Å². The number of hydrogen-bond donors (Lipinski definition) is 2. The van der Waals surface area contributed by atoms with E-state index in [2.05, 4.69) is 34.4 Å². The Bertz CT molecular complexity index is 1680. The molecule has 1 aliphatic rings. The highest BCUT2D eigenvalue weighted by atomic mass is 19.1. The molecule has 4 aromatic rings. The monoisotopic (exact) mass is 586 g/mol. The smallest absolute Gasteiger partial charge is 0.349 e. The molecule has 0 radical (unpaired) electrons. The maximum atomic E-state index is 15.3. The van der Waals surface area contributed by atoms with Gasteiger partial charge in [0.05, 0.1) is 17.6 Å². The van der Waals surface area contributed by atoms with Gasteiger partial charge < -0.3 is 24.9 Å². The van der Waals surface area contributed by atoms with Gasteiger partial charge in [0, 0.05) is 74.2 Å². The number of aromatic nitrogens is 1. The van der Waals surface area contributed by atoms with E-state index in [9.17, 15) is 14.4 Å². The molecule has 1 aliphatic heterocycles. The molecule has 0 aliphatic carbocycles. The van der Waals surface area contributed by atoms with E-state index in [0.29, 0.717) is 54.9 Å². The normalized spacial score (nSPS) is 13.6. The molecule has 2 aromatic heterocycles. The van der Waals surface area contributed by atoms with E-state index in [0.717, 1.165) is 24.5 Å². The van der Waals surface area contributed by atoms with Crippen molar-refractivity contribution in [2.45, 2.75) is 27.3 Å². The highest BCUT2D eigenvalue weighted by molar-refractivity contribution is 6.00. The Kier molecular flexibility index (Phi) is 9.01. The first kappa shape index (κ1) is 29.7. The fourth-order valence-electron chi connectivity index (χ4n) is 5.18. The van der Waals surface area contributed by atoms with Gasteiger partial charge in [0.15, 0.2) is 5.82 Å². The molecule has 5 rings (SSSR count). The predicted molar refractivity (Wildman–Crippen MR) is 165 cm³/mol. The number of carbonyl (C=O) groups excluding carboxylic acids is 2. The number of pyridine rings is 1. The van der Waals surface area contributed by atoms with Crippen LogP contribution in [0, 0.1) is 12.7 Å². The number of fused-ring (bicyclic) bond motifs is 1. The summed E-state index contributed by atoms with van der Waals surface area (Å²) in [5, 5.41) is 5.89. The Morgan fingerprint density at radius 2 is 1.77 bits per heavy atom. The summed E-state index contributed by atoms with van der Waals surface area (Å²) in [5.74, 6) is -0.897. The lowest BCUT2D eigenvalue weighted by molar-refractivity contribution is 0.0623. The highest BCUT2D eigenvalue weighted by Crippen LogP contribution is 2.24. The van der Waals surface area contributed by atoms with Crippen molar-refractivity contribution in [3.63, 3.8) is 0 Å². The third-order valence-corrected chi connectivity index (χ3v) is 7.63. The molecule has 0 atom stereocenters. The van der Waals surface area contributed by atoms with E-state index in [-0.39, 0.29) is 17.2 Å². The van der Waals surface area contributed by atoms with Crippen LogP contribution in [0.25, 0.3) is 11.0 Å². The fourth-order valence-corrected chi connectivity index (χ4v) is 5.18. The minimum Gasteiger partial charge on any atom is -0.422 e. The molecule has 0 spiro atoms. The first-order chi connectivity index (χ1) is 20.7. The molecule has 224 valence electrons. The molecular formula is C32H35FN6O4. The molecule has 0 saturated carbocycles. The molecule has 3 amide bonds. The molecule has 11 heteroatoms. The Balaban J connectivity index is 1.19. The van der Waals surface area contributed by atoms with Gasteiger partial charge >= 0.3 is 11.7 Å². The number of carbonyl (C=O) groups is 2. The van der Waals surface area contributed by atoms with Crippen molar-refractivity contribution in [3.8, 4) is 0 Å². The summed E-state index contributed by atoms with van der Waals surface area (Å²) < 4.78 is 20.8. The number of benzene rings is 2. The number of hydrogen-bond acceptors (Lipinski definition) is 7. The van der Waals surface area contributed by atoms with Crippen molar-refractivity contribution in [1.29, 1.82) is 0 Å². The topological polar surface area (TPSA) is 111 Å². The molecule has 2 aromatic carbocycles. The zero-order valence-corrected chi connectivity index (χ0v) is 24.5. The Hall–Kier alpha value is -4.77. The third kappa shape index (κ3) is 6.83. The van der Waals surface area contributed by atoms with Crippen molar-refractivity contribution in [2.75, 3.05) is 54.8 Å². The van der Waals surface area contributed by atoms with E-state index in [1.54, 1.807) is 35.2 Å². The number of nitrogens with zero attached hydrogens (tertiary/aromatic N) is 4. The molecule has 0 bridgehead atoms. The summed E-state index contributed by atoms with van der Waals surface area (Å²) in [6.45, 7) is 9.67. The van der Waals surface area contributed by atoms with Crippen molar-refractivity contribution < 1.29 is 18.4 Å². The minimum atomic E-state index is -0.661. The molecular weight excluding hydrogens is 551 g/mol. The van der Waals surface area contributed by atoms with Crippen LogP contribution in [0.5, 0.6) is 0 Å². The average Bonchev–Trinajstić information content (AvgIpc) is 3.00. The number of urea groups is 1.